The molecule has 57 heavy (non-hydrogen) atoms. The minimum Gasteiger partial charge on any atom is -0.508 e. The van der Waals surface area contributed by atoms with Gasteiger partial charge in [0, 0.05) is 29.4 Å². The van der Waals surface area contributed by atoms with Crippen molar-refractivity contribution in [3.63, 3.8) is 0 Å². The molecule has 6 nitrogen and oxygen atoms in total. The molecule has 2 atom stereocenters. The van der Waals surface area contributed by atoms with Gasteiger partial charge < -0.3 is 14.0 Å². The number of pyridine rings is 2. The summed E-state index contributed by atoms with van der Waals surface area (Å²) in [5, 5.41) is 2.23. The van der Waals surface area contributed by atoms with Crippen LogP contribution in [0.25, 0.3) is 38.9 Å². The fraction of sp³-hybridized carbons (Fsp3) is 0.300. The number of nitrogens with zero attached hydrogens (tertiary/aromatic N) is 4. The van der Waals surface area contributed by atoms with Gasteiger partial charge in [-0.3, -0.25) is 9.98 Å². The normalized spacial score (nSPS) is 18.4. The molecule has 0 N–H and O–H groups in total. The average molecular weight is 934 g/mol. The molecule has 1 aliphatic rings. The van der Waals surface area contributed by atoms with Gasteiger partial charge in [0.25, 0.3) is 0 Å². The number of aliphatic imine (C=N–C) groups is 1. The Morgan fingerprint density at radius 1 is 0.702 bits per heavy atom. The van der Waals surface area contributed by atoms with Crippen LogP contribution in [0.1, 0.15) is 91.5 Å². The summed E-state index contributed by atoms with van der Waals surface area (Å²) in [5.74, 6) is 2.61. The maximum atomic E-state index is 6.94. The SMILES string of the molecule is CC(C)[C@@]1(C)N=C(c2[c-]c(Oc3[c-]c4c(cc3)c3cc(C(C)(C)C)ccc3n4-c3cc(C(C)(C)C)ccn3)cc(-c3ccccn3)c2)O[C@]1(C)c1ccccc1.[Pt+2]. The van der Waals surface area contributed by atoms with Crippen molar-refractivity contribution < 1.29 is 30.5 Å². The molecule has 292 valence electrons. The summed E-state index contributed by atoms with van der Waals surface area (Å²) in [5.41, 5.74) is 6.57. The first kappa shape index (κ1) is 40.1. The molecular weight excluding hydrogens is 884 g/mol. The maximum absolute atomic E-state index is 6.94. The van der Waals surface area contributed by atoms with Crippen LogP contribution in [0.2, 0.25) is 0 Å². The van der Waals surface area contributed by atoms with Crippen molar-refractivity contribution in [1.29, 1.82) is 0 Å². The second kappa shape index (κ2) is 14.7. The Hall–Kier alpha value is -5.06. The topological polar surface area (TPSA) is 61.5 Å². The molecule has 3 aromatic heterocycles. The molecule has 0 fully saturated rings. The van der Waals surface area contributed by atoms with Crippen molar-refractivity contribution in [1.82, 2.24) is 14.5 Å². The number of aromatic nitrogens is 3. The zero-order chi connectivity index (χ0) is 39.6. The summed E-state index contributed by atoms with van der Waals surface area (Å²) in [6.07, 6.45) is 3.70. The van der Waals surface area contributed by atoms with E-state index >= 15 is 0 Å². The van der Waals surface area contributed by atoms with Crippen LogP contribution in [-0.2, 0) is 42.2 Å². The Labute approximate surface area is 351 Å². The zero-order valence-corrected chi connectivity index (χ0v) is 36.7. The summed E-state index contributed by atoms with van der Waals surface area (Å²) in [6.45, 7) is 22.1. The predicted octanol–water partition coefficient (Wildman–Crippen LogP) is 12.3. The van der Waals surface area contributed by atoms with E-state index in [9.17, 15) is 0 Å². The van der Waals surface area contributed by atoms with Crippen LogP contribution in [0, 0.1) is 18.1 Å². The van der Waals surface area contributed by atoms with Gasteiger partial charge in [0.05, 0.1) is 11.2 Å². The fourth-order valence-corrected chi connectivity index (χ4v) is 7.75. The van der Waals surface area contributed by atoms with E-state index in [1.807, 2.05) is 48.7 Å². The van der Waals surface area contributed by atoms with Crippen LogP contribution in [0.5, 0.6) is 11.5 Å². The summed E-state index contributed by atoms with van der Waals surface area (Å²) in [7, 11) is 0. The van der Waals surface area contributed by atoms with E-state index in [4.69, 9.17) is 19.5 Å². The first-order chi connectivity index (χ1) is 26.5. The Morgan fingerprint density at radius 2 is 1.42 bits per heavy atom. The molecule has 0 spiro atoms. The smallest absolute Gasteiger partial charge is 0.508 e. The number of fused-ring (bicyclic) bond motifs is 3. The molecule has 0 bridgehead atoms. The van der Waals surface area contributed by atoms with Gasteiger partial charge in [-0.25, -0.2) is 4.98 Å². The molecule has 1 aliphatic heterocycles. The molecule has 8 rings (SSSR count). The number of rotatable bonds is 7. The van der Waals surface area contributed by atoms with Gasteiger partial charge in [0.1, 0.15) is 17.3 Å². The zero-order valence-electron chi connectivity index (χ0n) is 34.5. The standard InChI is InChI=1S/C50H50N4O2.Pt/c1-32(2)49(9)50(10,35-16-12-11-13-17-35)56-46(53-49)34-26-33(42-18-14-15-24-51-42)27-39(28-34)55-38-20-21-40-41-29-36(47(3,4)5)19-22-43(41)54(44(40)31-38)45-30-37(23-25-52-45)48(6,7)8;/h11-27,29-30,32H,1-10H3;/q-2;+2/t49-,50-;/m1./s1. The molecule has 4 heterocycles. The van der Waals surface area contributed by atoms with Crippen LogP contribution in [0.15, 0.2) is 121 Å². The number of hydrogen-bond donors (Lipinski definition) is 0. The van der Waals surface area contributed by atoms with E-state index in [0.29, 0.717) is 23.0 Å². The third kappa shape index (κ3) is 7.23. The van der Waals surface area contributed by atoms with Crippen molar-refractivity contribution in [3.8, 4) is 28.6 Å². The third-order valence-electron chi connectivity index (χ3n) is 11.7. The van der Waals surface area contributed by atoms with E-state index < -0.39 is 11.1 Å². The molecule has 7 aromatic rings. The molecule has 7 heteroatoms. The van der Waals surface area contributed by atoms with E-state index in [1.165, 1.54) is 11.1 Å². The largest absolute Gasteiger partial charge is 2.00 e. The summed E-state index contributed by atoms with van der Waals surface area (Å²) < 4.78 is 15.9. The quantitative estimate of drug-likeness (QED) is 0.149. The third-order valence-corrected chi connectivity index (χ3v) is 11.7. The van der Waals surface area contributed by atoms with Crippen molar-refractivity contribution in [2.75, 3.05) is 0 Å². The van der Waals surface area contributed by atoms with Gasteiger partial charge in [0.15, 0.2) is 0 Å². The number of benzene rings is 4. The van der Waals surface area contributed by atoms with E-state index in [2.05, 4.69) is 152 Å². The summed E-state index contributed by atoms with van der Waals surface area (Å²) in [6, 6.07) is 42.6. The average Bonchev–Trinajstić information content (AvgIpc) is 3.66. The Morgan fingerprint density at radius 3 is 2.11 bits per heavy atom. The second-order valence-corrected chi connectivity index (χ2v) is 17.7. The van der Waals surface area contributed by atoms with Crippen LogP contribution in [-0.4, -0.2) is 26.0 Å². The summed E-state index contributed by atoms with van der Waals surface area (Å²) in [4.78, 5) is 14.9. The molecule has 0 amide bonds. The fourth-order valence-electron chi connectivity index (χ4n) is 7.75. The predicted molar refractivity (Wildman–Crippen MR) is 228 cm³/mol. The minimum absolute atomic E-state index is 0. The van der Waals surface area contributed by atoms with Gasteiger partial charge in [-0.15, -0.1) is 23.6 Å². The van der Waals surface area contributed by atoms with E-state index in [-0.39, 0.29) is 37.8 Å². The molecular formula is C50H50N4O2Pt. The van der Waals surface area contributed by atoms with Gasteiger partial charge in [-0.1, -0.05) is 133 Å². The first-order valence-electron chi connectivity index (χ1n) is 19.5. The first-order valence-corrected chi connectivity index (χ1v) is 19.5. The van der Waals surface area contributed by atoms with Gasteiger partial charge in [0.2, 0.25) is 0 Å². The maximum Gasteiger partial charge on any atom is 2.00 e. The van der Waals surface area contributed by atoms with Crippen LogP contribution >= 0.6 is 0 Å². The molecule has 0 unspecified atom stereocenters. The molecule has 4 aromatic carbocycles. The number of hydrogen-bond acceptors (Lipinski definition) is 5. The van der Waals surface area contributed by atoms with Gasteiger partial charge in [-0.05, 0) is 83.0 Å². The Kier molecular flexibility index (Phi) is 10.4. The van der Waals surface area contributed by atoms with Gasteiger partial charge >= 0.3 is 21.1 Å². The van der Waals surface area contributed by atoms with Crippen LogP contribution < -0.4 is 4.74 Å². The minimum atomic E-state index is -0.703. The van der Waals surface area contributed by atoms with E-state index in [1.54, 1.807) is 6.20 Å². The van der Waals surface area contributed by atoms with Crippen LogP contribution in [0.4, 0.5) is 0 Å². The van der Waals surface area contributed by atoms with Crippen molar-refractivity contribution >= 4 is 27.7 Å². The Bertz CT molecular complexity index is 2620. The number of ether oxygens (including phenoxy) is 2. The second-order valence-electron chi connectivity index (χ2n) is 17.7. The van der Waals surface area contributed by atoms with Crippen molar-refractivity contribution in [2.24, 2.45) is 10.9 Å². The molecule has 0 radical (unpaired) electrons. The monoisotopic (exact) mass is 933 g/mol. The molecule has 0 aliphatic carbocycles. The Balaban J connectivity index is 0.00000496. The molecule has 0 saturated carbocycles. The van der Waals surface area contributed by atoms with Gasteiger partial charge in [-0.2, -0.15) is 6.07 Å². The van der Waals surface area contributed by atoms with Crippen molar-refractivity contribution in [3.05, 3.63) is 150 Å². The molecule has 0 saturated heterocycles. The summed E-state index contributed by atoms with van der Waals surface area (Å²) >= 11 is 0. The van der Waals surface area contributed by atoms with Crippen LogP contribution in [0.3, 0.4) is 0 Å². The van der Waals surface area contributed by atoms with Crippen molar-refractivity contribution in [2.45, 2.75) is 91.2 Å². The van der Waals surface area contributed by atoms with E-state index in [0.717, 1.165) is 44.4 Å².